The molecule has 1 aliphatic rings. The van der Waals surface area contributed by atoms with E-state index < -0.39 is 12.2 Å². The second-order valence-corrected chi connectivity index (χ2v) is 3.52. The Labute approximate surface area is 67.6 Å². The normalized spacial score (nSPS) is 35.5. The second kappa shape index (κ2) is 3.37. The molecule has 1 saturated carbocycles. The maximum Gasteiger partial charge on any atom is 0.0776 e. The SMILES string of the molecule is CC(C)C=C1[C@H](O)CC[C@@H]1O. The molecule has 0 radical (unpaired) electrons. The van der Waals surface area contributed by atoms with Gasteiger partial charge in [-0.3, -0.25) is 0 Å². The summed E-state index contributed by atoms with van der Waals surface area (Å²) >= 11 is 0. The van der Waals surface area contributed by atoms with Gasteiger partial charge >= 0.3 is 0 Å². The molecule has 0 spiro atoms. The standard InChI is InChI=1S/C9H16O2/c1-6(2)5-7-8(10)3-4-9(7)11/h5-6,8-11H,3-4H2,1-2H3/t8-,9+. The first-order valence-corrected chi connectivity index (χ1v) is 4.19. The van der Waals surface area contributed by atoms with E-state index in [4.69, 9.17) is 0 Å². The highest BCUT2D eigenvalue weighted by atomic mass is 16.3. The van der Waals surface area contributed by atoms with Crippen LogP contribution in [-0.4, -0.2) is 22.4 Å². The fraction of sp³-hybridized carbons (Fsp3) is 0.778. The van der Waals surface area contributed by atoms with Crippen molar-refractivity contribution in [2.45, 2.75) is 38.9 Å². The summed E-state index contributed by atoms with van der Waals surface area (Å²) < 4.78 is 0. The van der Waals surface area contributed by atoms with Gasteiger partial charge in [0.05, 0.1) is 12.2 Å². The van der Waals surface area contributed by atoms with Gasteiger partial charge in [0.1, 0.15) is 0 Å². The Bertz CT molecular complexity index is 149. The first-order chi connectivity index (χ1) is 5.11. The smallest absolute Gasteiger partial charge is 0.0776 e. The van der Waals surface area contributed by atoms with Gasteiger partial charge in [0.15, 0.2) is 0 Å². The molecular formula is C9H16O2. The van der Waals surface area contributed by atoms with E-state index >= 15 is 0 Å². The third-order valence-corrected chi connectivity index (χ3v) is 2.01. The maximum atomic E-state index is 9.38. The van der Waals surface area contributed by atoms with Crippen LogP contribution in [0.5, 0.6) is 0 Å². The van der Waals surface area contributed by atoms with E-state index in [1.54, 1.807) is 0 Å². The van der Waals surface area contributed by atoms with Crippen LogP contribution in [0.2, 0.25) is 0 Å². The molecule has 1 fully saturated rings. The first kappa shape index (κ1) is 8.75. The lowest BCUT2D eigenvalue weighted by atomic mass is 10.1. The van der Waals surface area contributed by atoms with Crippen LogP contribution in [0.4, 0.5) is 0 Å². The lowest BCUT2D eigenvalue weighted by Gasteiger charge is -2.08. The number of hydrogen-bond donors (Lipinski definition) is 2. The lowest BCUT2D eigenvalue weighted by molar-refractivity contribution is 0.197. The fourth-order valence-corrected chi connectivity index (χ4v) is 1.48. The number of allylic oxidation sites excluding steroid dienone is 1. The molecule has 0 aliphatic heterocycles. The van der Waals surface area contributed by atoms with Crippen LogP contribution in [0.1, 0.15) is 26.7 Å². The molecule has 1 aliphatic carbocycles. The molecule has 0 saturated heterocycles. The molecule has 11 heavy (non-hydrogen) atoms. The summed E-state index contributed by atoms with van der Waals surface area (Å²) in [4.78, 5) is 0. The highest BCUT2D eigenvalue weighted by Crippen LogP contribution is 2.26. The summed E-state index contributed by atoms with van der Waals surface area (Å²) in [6, 6.07) is 0. The van der Waals surface area contributed by atoms with Crippen LogP contribution in [0.15, 0.2) is 11.6 Å². The summed E-state index contributed by atoms with van der Waals surface area (Å²) in [7, 11) is 0. The molecule has 2 nitrogen and oxygen atoms in total. The van der Waals surface area contributed by atoms with Gasteiger partial charge in [-0.15, -0.1) is 0 Å². The van der Waals surface area contributed by atoms with Crippen molar-refractivity contribution in [1.29, 1.82) is 0 Å². The Kier molecular flexibility index (Phi) is 2.68. The Balaban J connectivity index is 2.67. The van der Waals surface area contributed by atoms with E-state index in [1.807, 2.05) is 19.9 Å². The summed E-state index contributed by atoms with van der Waals surface area (Å²) in [6.07, 6.45) is 2.58. The number of aliphatic hydroxyl groups is 2. The molecule has 2 heteroatoms. The minimum atomic E-state index is -0.396. The van der Waals surface area contributed by atoms with E-state index in [0.717, 1.165) is 5.57 Å². The zero-order chi connectivity index (χ0) is 8.43. The van der Waals surface area contributed by atoms with Crippen LogP contribution in [0.25, 0.3) is 0 Å². The van der Waals surface area contributed by atoms with Crippen molar-refractivity contribution in [2.75, 3.05) is 0 Å². The van der Waals surface area contributed by atoms with Crippen molar-refractivity contribution in [1.82, 2.24) is 0 Å². The second-order valence-electron chi connectivity index (χ2n) is 3.52. The zero-order valence-corrected chi connectivity index (χ0v) is 7.12. The average molecular weight is 156 g/mol. The fourth-order valence-electron chi connectivity index (χ4n) is 1.48. The Morgan fingerprint density at radius 3 is 2.09 bits per heavy atom. The predicted octanol–water partition coefficient (Wildman–Crippen LogP) is 1.08. The maximum absolute atomic E-state index is 9.38. The molecule has 0 heterocycles. The third-order valence-electron chi connectivity index (χ3n) is 2.01. The molecule has 2 atom stereocenters. The molecule has 0 aromatic carbocycles. The highest BCUT2D eigenvalue weighted by Gasteiger charge is 2.26. The quantitative estimate of drug-likeness (QED) is 0.558. The Morgan fingerprint density at radius 1 is 1.27 bits per heavy atom. The zero-order valence-electron chi connectivity index (χ0n) is 7.12. The predicted molar refractivity (Wildman–Crippen MR) is 44.2 cm³/mol. The van der Waals surface area contributed by atoms with Crippen LogP contribution < -0.4 is 0 Å². The van der Waals surface area contributed by atoms with Gasteiger partial charge in [-0.05, 0) is 24.3 Å². The van der Waals surface area contributed by atoms with E-state index in [-0.39, 0.29) is 0 Å². The molecule has 0 aromatic rings. The molecule has 0 unspecified atom stereocenters. The first-order valence-electron chi connectivity index (χ1n) is 4.19. The van der Waals surface area contributed by atoms with Gasteiger partial charge in [0.2, 0.25) is 0 Å². The number of hydrogen-bond acceptors (Lipinski definition) is 2. The lowest BCUT2D eigenvalue weighted by Crippen LogP contribution is -2.11. The van der Waals surface area contributed by atoms with Crippen LogP contribution in [-0.2, 0) is 0 Å². The minimum absolute atomic E-state index is 0.396. The van der Waals surface area contributed by atoms with Gasteiger partial charge in [-0.2, -0.15) is 0 Å². The van der Waals surface area contributed by atoms with Crippen molar-refractivity contribution >= 4 is 0 Å². The summed E-state index contributed by atoms with van der Waals surface area (Å²) in [5.41, 5.74) is 0.819. The molecule has 0 bridgehead atoms. The average Bonchev–Trinajstić information content (AvgIpc) is 2.18. The van der Waals surface area contributed by atoms with Gasteiger partial charge in [0, 0.05) is 0 Å². The molecule has 2 N–H and O–H groups in total. The number of rotatable bonds is 1. The number of aliphatic hydroxyl groups excluding tert-OH is 2. The van der Waals surface area contributed by atoms with Crippen molar-refractivity contribution in [3.63, 3.8) is 0 Å². The monoisotopic (exact) mass is 156 g/mol. The largest absolute Gasteiger partial charge is 0.389 e. The Hall–Kier alpha value is -0.340. The van der Waals surface area contributed by atoms with E-state index in [1.165, 1.54) is 0 Å². The van der Waals surface area contributed by atoms with E-state index in [0.29, 0.717) is 18.8 Å². The molecular weight excluding hydrogens is 140 g/mol. The van der Waals surface area contributed by atoms with Crippen molar-refractivity contribution < 1.29 is 10.2 Å². The van der Waals surface area contributed by atoms with Crippen molar-refractivity contribution in [2.24, 2.45) is 5.92 Å². The van der Waals surface area contributed by atoms with Gasteiger partial charge < -0.3 is 10.2 Å². The summed E-state index contributed by atoms with van der Waals surface area (Å²) in [5, 5.41) is 18.8. The van der Waals surface area contributed by atoms with E-state index in [9.17, 15) is 10.2 Å². The van der Waals surface area contributed by atoms with Gasteiger partial charge in [0.25, 0.3) is 0 Å². The van der Waals surface area contributed by atoms with Crippen molar-refractivity contribution in [3.8, 4) is 0 Å². The Morgan fingerprint density at radius 2 is 1.73 bits per heavy atom. The van der Waals surface area contributed by atoms with E-state index in [2.05, 4.69) is 0 Å². The van der Waals surface area contributed by atoms with Crippen LogP contribution in [0.3, 0.4) is 0 Å². The van der Waals surface area contributed by atoms with Crippen LogP contribution >= 0.6 is 0 Å². The summed E-state index contributed by atoms with van der Waals surface area (Å²) in [5.74, 6) is 0.410. The summed E-state index contributed by atoms with van der Waals surface area (Å²) in [6.45, 7) is 4.09. The highest BCUT2D eigenvalue weighted by molar-refractivity contribution is 5.18. The minimum Gasteiger partial charge on any atom is -0.389 e. The molecule has 64 valence electrons. The molecule has 1 rings (SSSR count). The topological polar surface area (TPSA) is 40.5 Å². The van der Waals surface area contributed by atoms with Crippen LogP contribution in [0, 0.1) is 5.92 Å². The molecule has 0 amide bonds. The van der Waals surface area contributed by atoms with Crippen molar-refractivity contribution in [3.05, 3.63) is 11.6 Å². The third kappa shape index (κ3) is 2.04. The molecule has 0 aromatic heterocycles. The van der Waals surface area contributed by atoms with Gasteiger partial charge in [-0.1, -0.05) is 19.9 Å². The van der Waals surface area contributed by atoms with Gasteiger partial charge in [-0.25, -0.2) is 0 Å².